The van der Waals surface area contributed by atoms with Crippen LogP contribution in [-0.4, -0.2) is 18.1 Å². The van der Waals surface area contributed by atoms with E-state index in [0.717, 1.165) is 5.82 Å². The maximum atomic E-state index is 5.32. The molecular weight excluding hydrogens is 188 g/mol. The Kier molecular flexibility index (Phi) is 3.91. The number of anilines is 2. The third-order valence-corrected chi connectivity index (χ3v) is 2.82. The molecular formula is C11H20N4. The predicted molar refractivity (Wildman–Crippen MR) is 64.8 cm³/mol. The van der Waals surface area contributed by atoms with Crippen LogP contribution >= 0.6 is 0 Å². The van der Waals surface area contributed by atoms with Gasteiger partial charge in [0, 0.05) is 13.1 Å². The largest absolute Gasteiger partial charge is 0.357 e. The second kappa shape index (κ2) is 4.98. The number of pyridine rings is 1. The average molecular weight is 208 g/mol. The Hall–Kier alpha value is -1.29. The van der Waals surface area contributed by atoms with Gasteiger partial charge in [-0.1, -0.05) is 19.9 Å². The highest BCUT2D eigenvalue weighted by molar-refractivity contribution is 5.46. The number of hydrogen-bond acceptors (Lipinski definition) is 4. The number of nitrogen functional groups attached to an aromatic ring is 1. The van der Waals surface area contributed by atoms with Crippen LogP contribution in [-0.2, 0) is 0 Å². The third kappa shape index (κ3) is 2.83. The van der Waals surface area contributed by atoms with Crippen molar-refractivity contribution in [3.63, 3.8) is 0 Å². The van der Waals surface area contributed by atoms with Crippen molar-refractivity contribution in [3.8, 4) is 0 Å². The van der Waals surface area contributed by atoms with Gasteiger partial charge in [0.1, 0.15) is 11.6 Å². The lowest BCUT2D eigenvalue weighted by Crippen LogP contribution is -2.33. The van der Waals surface area contributed by atoms with Crippen LogP contribution < -0.4 is 16.2 Å². The predicted octanol–water partition coefficient (Wildman–Crippen LogP) is 1.85. The second-order valence-corrected chi connectivity index (χ2v) is 4.12. The Bertz CT molecular complexity index is 311. The van der Waals surface area contributed by atoms with E-state index in [2.05, 4.69) is 36.1 Å². The van der Waals surface area contributed by atoms with Gasteiger partial charge in [0.2, 0.25) is 0 Å². The minimum absolute atomic E-state index is 0.450. The molecule has 1 unspecified atom stereocenters. The van der Waals surface area contributed by atoms with Crippen molar-refractivity contribution in [1.82, 2.24) is 4.98 Å². The average Bonchev–Trinajstić information content (AvgIpc) is 2.27. The fraction of sp³-hybridized carbons (Fsp3) is 0.545. The second-order valence-electron chi connectivity index (χ2n) is 4.12. The van der Waals surface area contributed by atoms with E-state index in [4.69, 9.17) is 5.84 Å². The van der Waals surface area contributed by atoms with Crippen LogP contribution in [0.2, 0.25) is 0 Å². The van der Waals surface area contributed by atoms with Gasteiger partial charge in [-0.15, -0.1) is 0 Å². The fourth-order valence-corrected chi connectivity index (χ4v) is 1.36. The number of nitrogens with one attached hydrogen (secondary N) is 1. The van der Waals surface area contributed by atoms with E-state index in [-0.39, 0.29) is 0 Å². The van der Waals surface area contributed by atoms with Crippen LogP contribution in [0.4, 0.5) is 11.6 Å². The number of hydrazine groups is 1. The molecule has 0 aliphatic carbocycles. The summed E-state index contributed by atoms with van der Waals surface area (Å²) in [6.07, 6.45) is 0. The molecule has 1 heterocycles. The summed E-state index contributed by atoms with van der Waals surface area (Å²) in [4.78, 5) is 6.54. The molecule has 0 bridgehead atoms. The van der Waals surface area contributed by atoms with Gasteiger partial charge in [-0.05, 0) is 25.0 Å². The molecule has 84 valence electrons. The maximum absolute atomic E-state index is 5.32. The Morgan fingerprint density at radius 2 is 2.00 bits per heavy atom. The summed E-state index contributed by atoms with van der Waals surface area (Å²) in [7, 11) is 2.05. The van der Waals surface area contributed by atoms with E-state index in [0.29, 0.717) is 17.8 Å². The summed E-state index contributed by atoms with van der Waals surface area (Å²) in [5.74, 6) is 7.54. The normalized spacial score (nSPS) is 12.7. The van der Waals surface area contributed by atoms with Crippen molar-refractivity contribution in [1.29, 1.82) is 0 Å². The topological polar surface area (TPSA) is 54.2 Å². The van der Waals surface area contributed by atoms with E-state index in [1.54, 1.807) is 0 Å². The SMILES string of the molecule is CC(C)C(C)N(C)c1cccc(NN)n1. The fourth-order valence-electron chi connectivity index (χ4n) is 1.36. The zero-order valence-electron chi connectivity index (χ0n) is 9.86. The smallest absolute Gasteiger partial charge is 0.142 e. The van der Waals surface area contributed by atoms with Crippen LogP contribution in [0.1, 0.15) is 20.8 Å². The summed E-state index contributed by atoms with van der Waals surface area (Å²) in [5, 5.41) is 0. The summed E-state index contributed by atoms with van der Waals surface area (Å²) in [5.41, 5.74) is 2.55. The van der Waals surface area contributed by atoms with Gasteiger partial charge in [-0.3, -0.25) is 0 Å². The molecule has 1 aromatic rings. The van der Waals surface area contributed by atoms with Crippen molar-refractivity contribution in [3.05, 3.63) is 18.2 Å². The van der Waals surface area contributed by atoms with Crippen LogP contribution in [0.5, 0.6) is 0 Å². The van der Waals surface area contributed by atoms with Gasteiger partial charge >= 0.3 is 0 Å². The Labute approximate surface area is 91.5 Å². The summed E-state index contributed by atoms with van der Waals surface area (Å²) < 4.78 is 0. The summed E-state index contributed by atoms with van der Waals surface area (Å²) >= 11 is 0. The molecule has 0 aromatic carbocycles. The first-order valence-electron chi connectivity index (χ1n) is 5.22. The van der Waals surface area contributed by atoms with Crippen LogP contribution in [0.15, 0.2) is 18.2 Å². The Morgan fingerprint density at radius 3 is 2.53 bits per heavy atom. The molecule has 0 saturated carbocycles. The van der Waals surface area contributed by atoms with Crippen LogP contribution in [0, 0.1) is 5.92 Å². The minimum Gasteiger partial charge on any atom is -0.357 e. The minimum atomic E-state index is 0.450. The number of nitrogens with two attached hydrogens (primary N) is 1. The zero-order valence-corrected chi connectivity index (χ0v) is 9.86. The molecule has 0 spiro atoms. The quantitative estimate of drug-likeness (QED) is 0.585. The van der Waals surface area contributed by atoms with Crippen LogP contribution in [0.25, 0.3) is 0 Å². The third-order valence-electron chi connectivity index (χ3n) is 2.82. The van der Waals surface area contributed by atoms with Gasteiger partial charge in [0.15, 0.2) is 0 Å². The van der Waals surface area contributed by atoms with E-state index in [9.17, 15) is 0 Å². The van der Waals surface area contributed by atoms with Crippen molar-refractivity contribution >= 4 is 11.6 Å². The van der Waals surface area contributed by atoms with Crippen LogP contribution in [0.3, 0.4) is 0 Å². The molecule has 0 fully saturated rings. The first-order chi connectivity index (χ1) is 7.06. The lowest BCUT2D eigenvalue weighted by molar-refractivity contribution is 0.503. The summed E-state index contributed by atoms with van der Waals surface area (Å²) in [6, 6.07) is 6.23. The number of nitrogens with zero attached hydrogens (tertiary/aromatic N) is 2. The first kappa shape index (κ1) is 11.8. The van der Waals surface area contributed by atoms with Crippen molar-refractivity contribution in [2.24, 2.45) is 11.8 Å². The number of aromatic nitrogens is 1. The molecule has 4 heteroatoms. The maximum Gasteiger partial charge on any atom is 0.142 e. The monoisotopic (exact) mass is 208 g/mol. The van der Waals surface area contributed by atoms with Crippen molar-refractivity contribution in [2.75, 3.05) is 17.4 Å². The molecule has 1 atom stereocenters. The molecule has 1 aromatic heterocycles. The van der Waals surface area contributed by atoms with Gasteiger partial charge in [-0.25, -0.2) is 10.8 Å². The molecule has 1 rings (SSSR count). The van der Waals surface area contributed by atoms with Gasteiger partial charge in [0.05, 0.1) is 0 Å². The molecule has 0 saturated heterocycles. The first-order valence-corrected chi connectivity index (χ1v) is 5.22. The Morgan fingerprint density at radius 1 is 1.33 bits per heavy atom. The number of rotatable bonds is 4. The highest BCUT2D eigenvalue weighted by Crippen LogP contribution is 2.18. The molecule has 3 N–H and O–H groups in total. The summed E-state index contributed by atoms with van der Waals surface area (Å²) in [6.45, 7) is 6.59. The van der Waals surface area contributed by atoms with E-state index in [1.165, 1.54) is 0 Å². The standard InChI is InChI=1S/C11H20N4/c1-8(2)9(3)15(4)11-7-5-6-10(13-11)14-12/h5-9H,12H2,1-4H3,(H,13,14). The van der Waals surface area contributed by atoms with Crippen molar-refractivity contribution in [2.45, 2.75) is 26.8 Å². The molecule has 0 amide bonds. The molecule has 0 radical (unpaired) electrons. The number of hydrogen-bond donors (Lipinski definition) is 2. The van der Waals surface area contributed by atoms with E-state index < -0.39 is 0 Å². The highest BCUT2D eigenvalue weighted by atomic mass is 15.3. The van der Waals surface area contributed by atoms with E-state index in [1.807, 2.05) is 25.2 Å². The van der Waals surface area contributed by atoms with Gasteiger partial charge < -0.3 is 10.3 Å². The Balaban J connectivity index is 2.85. The molecule has 15 heavy (non-hydrogen) atoms. The lowest BCUT2D eigenvalue weighted by atomic mass is 10.1. The van der Waals surface area contributed by atoms with Gasteiger partial charge in [0.25, 0.3) is 0 Å². The zero-order chi connectivity index (χ0) is 11.4. The van der Waals surface area contributed by atoms with E-state index >= 15 is 0 Å². The molecule has 0 aliphatic heterocycles. The molecule has 4 nitrogen and oxygen atoms in total. The lowest BCUT2D eigenvalue weighted by Gasteiger charge is -2.29. The van der Waals surface area contributed by atoms with Crippen molar-refractivity contribution < 1.29 is 0 Å². The highest BCUT2D eigenvalue weighted by Gasteiger charge is 2.14. The van der Waals surface area contributed by atoms with Gasteiger partial charge in [-0.2, -0.15) is 0 Å². The molecule has 0 aliphatic rings.